The Morgan fingerprint density at radius 2 is 2.27 bits per heavy atom. The predicted molar refractivity (Wildman–Crippen MR) is 48.5 cm³/mol. The summed E-state index contributed by atoms with van der Waals surface area (Å²) in [6.45, 7) is 0. The van der Waals surface area contributed by atoms with Crippen molar-refractivity contribution >= 4 is 13.8 Å². The molecule has 0 saturated carbocycles. The van der Waals surface area contributed by atoms with Gasteiger partial charge in [-0.25, -0.2) is 0 Å². The van der Waals surface area contributed by atoms with Gasteiger partial charge in [0.15, 0.2) is 0 Å². The molecule has 1 heterocycles. The van der Waals surface area contributed by atoms with Crippen molar-refractivity contribution in [3.05, 3.63) is 24.2 Å². The van der Waals surface area contributed by atoms with Crippen LogP contribution >= 0.6 is 0 Å². The minimum atomic E-state index is -0.309. The zero-order chi connectivity index (χ0) is 9.68. The van der Waals surface area contributed by atoms with Gasteiger partial charge in [0.1, 0.15) is 5.76 Å². The number of hydrogen-bond acceptors (Lipinski definition) is 3. The van der Waals surface area contributed by atoms with Gasteiger partial charge in [-0.2, -0.15) is 0 Å². The van der Waals surface area contributed by atoms with Crippen LogP contribution in [0.3, 0.4) is 0 Å². The van der Waals surface area contributed by atoms with E-state index in [1.54, 1.807) is 12.3 Å². The molecule has 2 radical (unpaired) electrons. The summed E-state index contributed by atoms with van der Waals surface area (Å²) in [4.78, 5) is 11.1. The number of carbonyl (C=O) groups excluding carboxylic acids is 1. The molecule has 0 N–H and O–H groups in total. The van der Waals surface area contributed by atoms with Crippen molar-refractivity contribution in [3.63, 3.8) is 0 Å². The van der Waals surface area contributed by atoms with E-state index in [-0.39, 0.29) is 18.2 Å². The molecule has 1 aromatic rings. The molecule has 0 aliphatic rings. The van der Waals surface area contributed by atoms with Crippen molar-refractivity contribution in [1.29, 1.82) is 0 Å². The molecule has 0 saturated heterocycles. The molecule has 0 aliphatic heterocycles. The zero-order valence-electron chi connectivity index (χ0n) is 8.23. The summed E-state index contributed by atoms with van der Waals surface area (Å²) < 4.78 is 9.69. The summed E-state index contributed by atoms with van der Waals surface area (Å²) in [5, 5.41) is 0. The van der Waals surface area contributed by atoms with Gasteiger partial charge in [-0.15, -0.1) is 0 Å². The van der Waals surface area contributed by atoms with Crippen LogP contribution < -0.4 is 0 Å². The molecular weight excluding hydrogens is 661 g/mol. The predicted octanol–water partition coefficient (Wildman–Crippen LogP) is 1.20. The Balaban J connectivity index is 0. The normalized spacial score (nSPS) is 10.7. The fraction of sp³-hybridized carbons (Fsp3) is 0.444. The fourth-order valence-corrected chi connectivity index (χ4v) is 1.10. The second kappa shape index (κ2) is 6.34. The van der Waals surface area contributed by atoms with E-state index in [9.17, 15) is 4.79 Å². The summed E-state index contributed by atoms with van der Waals surface area (Å²) in [7, 11) is 6.78. The van der Waals surface area contributed by atoms with E-state index in [0.717, 1.165) is 5.76 Å². The van der Waals surface area contributed by atoms with Gasteiger partial charge in [-0.3, -0.25) is 4.79 Å². The number of ether oxygens (including phenoxy) is 1. The maximum absolute atomic E-state index is 11.1. The molecule has 0 fully saturated rings. The molecule has 0 aliphatic carbocycles. The first-order chi connectivity index (χ1) is 6.27. The van der Waals surface area contributed by atoms with Gasteiger partial charge in [-0.05, 0) is 12.1 Å². The van der Waals surface area contributed by atoms with E-state index in [4.69, 9.17) is 12.3 Å². The Labute approximate surface area is 78.5 Å². The van der Waals surface area contributed by atoms with Crippen LogP contribution in [-0.4, -0.2) is 20.9 Å². The maximum Gasteiger partial charge on any atom is 0.308 e. The topological polar surface area (TPSA) is 39.4 Å². The van der Waals surface area contributed by atoms with Crippen molar-refractivity contribution in [2.45, 2.75) is 12.7 Å². The molecule has 0 spiro atoms. The molecule has 0 bridgehead atoms. The van der Waals surface area contributed by atoms with Crippen LogP contribution in [0.25, 0.3) is 0 Å². The third-order valence-electron chi connectivity index (χ3n) is 1.85. The minimum Gasteiger partial charge on any atom is -0.469 e. The van der Waals surface area contributed by atoms with Crippen LogP contribution in [0.2, 0.25) is 6.32 Å². The molecule has 1 aromatic heterocycles. The Kier molecular flexibility index (Phi) is 6.07. The Morgan fingerprint density at radius 3 is 2.67 bits per heavy atom. The first-order valence-electron chi connectivity index (χ1n) is 4.08. The third kappa shape index (κ3) is 3.36. The van der Waals surface area contributed by atoms with E-state index >= 15 is 0 Å². The summed E-state index contributed by atoms with van der Waals surface area (Å²) in [6.07, 6.45) is 2.34. The van der Waals surface area contributed by atoms with Crippen molar-refractivity contribution in [3.8, 4) is 0 Å². The van der Waals surface area contributed by atoms with Crippen LogP contribution in [-0.2, 0) is 16.0 Å². The molecule has 0 aromatic carbocycles. The summed E-state index contributed by atoms with van der Waals surface area (Å²) in [6, 6.07) is 3.59. The monoisotopic (exact) mass is 664 g/mol. The number of rotatable bonds is 4. The third-order valence-corrected chi connectivity index (χ3v) is 1.85. The number of methoxy groups -OCH3 is 1. The van der Waals surface area contributed by atoms with Gasteiger partial charge in [0.2, 0.25) is 0 Å². The van der Waals surface area contributed by atoms with Gasteiger partial charge in [0, 0.05) is 6.42 Å². The number of esters is 1. The quantitative estimate of drug-likeness (QED) is 0.357. The van der Waals surface area contributed by atoms with Gasteiger partial charge < -0.3 is 9.15 Å². The Bertz CT molecular complexity index is 264. The Morgan fingerprint density at radius 1 is 1.60 bits per heavy atom. The van der Waals surface area contributed by atoms with Crippen LogP contribution in [0.4, 0.5) is 0 Å². The first-order valence-corrected chi connectivity index (χ1v) is 4.08. The molecular formula is C9H11BCm2O3. The SMILES string of the molecule is [B]CC(Cc1ccco1)C(=O)OC.[Cm].[Cm]. The Hall–Kier alpha value is -3.19. The average molecular weight is 672 g/mol. The van der Waals surface area contributed by atoms with Crippen molar-refractivity contribution in [2.24, 2.45) is 5.92 Å². The number of furan rings is 1. The van der Waals surface area contributed by atoms with E-state index in [2.05, 4.69) is 4.74 Å². The van der Waals surface area contributed by atoms with Crippen molar-refractivity contribution < 1.29 is 13.9 Å². The molecule has 1 unspecified atom stereocenters. The average Bonchev–Trinajstić information content (AvgIpc) is 2.65. The van der Waals surface area contributed by atoms with E-state index in [1.165, 1.54) is 7.11 Å². The largest absolute Gasteiger partial charge is 0.469 e. The van der Waals surface area contributed by atoms with Crippen LogP contribution in [0.15, 0.2) is 22.8 Å². The molecule has 15 heavy (non-hydrogen) atoms. The molecule has 1 atom stereocenters. The van der Waals surface area contributed by atoms with Crippen molar-refractivity contribution in [2.75, 3.05) is 7.11 Å². The minimum absolute atomic E-state index is 0. The molecule has 0 amide bonds. The standard InChI is InChI=1S/C9H11BO3.2Cm/c1-12-9(11)7(6-10)5-8-3-2-4-13-8;;/h2-4,7H,5-6H2,1H3;;. The van der Waals surface area contributed by atoms with Gasteiger partial charge in [0.05, 0.1) is 27.1 Å². The van der Waals surface area contributed by atoms with Gasteiger partial charge in [0.25, 0.3) is 0 Å². The molecule has 3 nitrogen and oxygen atoms in total. The van der Waals surface area contributed by atoms with Crippen LogP contribution in [0, 0.1) is 5.92 Å². The summed E-state index contributed by atoms with van der Waals surface area (Å²) in [5.74, 6) is 0.149. The summed E-state index contributed by atoms with van der Waals surface area (Å²) >= 11 is 0. The van der Waals surface area contributed by atoms with Gasteiger partial charge in [-0.1, -0.05) is 6.32 Å². The number of hydrogen-bond donors (Lipinski definition) is 0. The van der Waals surface area contributed by atoms with Gasteiger partial charge >= 0.3 is 5.97 Å². The molecule has 84 valence electrons. The smallest absolute Gasteiger partial charge is 0.308 e. The number of carbonyl (C=O) groups is 1. The van der Waals surface area contributed by atoms with E-state index in [0.29, 0.717) is 6.42 Å². The van der Waals surface area contributed by atoms with E-state index in [1.807, 2.05) is 6.07 Å². The zero-order valence-corrected chi connectivity index (χ0v) is 14.1. The second-order valence-corrected chi connectivity index (χ2v) is 2.74. The van der Waals surface area contributed by atoms with Crippen LogP contribution in [0.5, 0.6) is 0 Å². The van der Waals surface area contributed by atoms with E-state index < -0.39 is 0 Å². The fourth-order valence-electron chi connectivity index (χ4n) is 1.10. The maximum atomic E-state index is 11.1. The summed E-state index contributed by atoms with van der Waals surface area (Å²) in [5.41, 5.74) is 0. The van der Waals surface area contributed by atoms with Crippen molar-refractivity contribution in [1.82, 2.24) is 0 Å². The molecule has 1 rings (SSSR count). The first kappa shape index (κ1) is 14.3. The van der Waals surface area contributed by atoms with Crippen LogP contribution in [0.1, 0.15) is 5.76 Å². The molecule has 6 heteroatoms. The second-order valence-electron chi connectivity index (χ2n) is 2.74.